The summed E-state index contributed by atoms with van der Waals surface area (Å²) in [4.78, 5) is 2.28. The van der Waals surface area contributed by atoms with Gasteiger partial charge in [0, 0.05) is 31.4 Å². The van der Waals surface area contributed by atoms with Crippen LogP contribution in [0.3, 0.4) is 0 Å². The van der Waals surface area contributed by atoms with Crippen molar-refractivity contribution in [2.75, 3.05) is 24.6 Å². The molecule has 4 heteroatoms. The number of ether oxygens (including phenoxy) is 1. The predicted molar refractivity (Wildman–Crippen MR) is 80.5 cm³/mol. The van der Waals surface area contributed by atoms with Crippen LogP contribution in [0.15, 0.2) is 18.2 Å². The summed E-state index contributed by atoms with van der Waals surface area (Å²) >= 11 is 0. The highest BCUT2D eigenvalue weighted by Crippen LogP contribution is 2.29. The molecule has 0 spiro atoms. The van der Waals surface area contributed by atoms with E-state index in [1.165, 1.54) is 6.07 Å². The fourth-order valence-corrected chi connectivity index (χ4v) is 2.76. The first-order valence-electron chi connectivity index (χ1n) is 7.53. The Labute approximate surface area is 120 Å². The lowest BCUT2D eigenvalue weighted by atomic mass is 10.0. The number of nitrogens with zero attached hydrogens (tertiary/aromatic N) is 1. The summed E-state index contributed by atoms with van der Waals surface area (Å²) in [6.07, 6.45) is 3.52. The molecule has 2 atom stereocenters. The summed E-state index contributed by atoms with van der Waals surface area (Å²) in [6, 6.07) is 4.74. The van der Waals surface area contributed by atoms with Gasteiger partial charge in [-0.15, -0.1) is 0 Å². The second-order valence-electron chi connectivity index (χ2n) is 5.57. The minimum Gasteiger partial charge on any atom is -0.376 e. The third kappa shape index (κ3) is 3.70. The standard InChI is InChI=1S/C16H25FN2O/c1-3-9-20-14-5-4-8-19(11-14)16-7-6-13(17)10-15(16)12(2)18/h6-7,10,12,14H,3-5,8-9,11,18H2,1-2H3/t12-,14?/m0/s1. The molecule has 2 N–H and O–H groups in total. The molecule has 1 aliphatic heterocycles. The molecular formula is C16H25FN2O. The number of benzene rings is 1. The molecule has 0 aromatic heterocycles. The highest BCUT2D eigenvalue weighted by molar-refractivity contribution is 5.55. The van der Waals surface area contributed by atoms with Crippen molar-refractivity contribution < 1.29 is 9.13 Å². The van der Waals surface area contributed by atoms with Gasteiger partial charge >= 0.3 is 0 Å². The molecular weight excluding hydrogens is 255 g/mol. The number of nitrogens with two attached hydrogens (primary N) is 1. The molecule has 1 unspecified atom stereocenters. The number of piperidine rings is 1. The molecule has 0 aliphatic carbocycles. The van der Waals surface area contributed by atoms with Crippen molar-refractivity contribution in [3.05, 3.63) is 29.6 Å². The Morgan fingerprint density at radius 2 is 2.30 bits per heavy atom. The number of halogens is 1. The van der Waals surface area contributed by atoms with Crippen LogP contribution in [0, 0.1) is 5.82 Å². The van der Waals surface area contributed by atoms with Gasteiger partial charge in [0.1, 0.15) is 5.82 Å². The first-order valence-corrected chi connectivity index (χ1v) is 7.53. The van der Waals surface area contributed by atoms with Gasteiger partial charge in [-0.25, -0.2) is 4.39 Å². The van der Waals surface area contributed by atoms with Gasteiger partial charge in [-0.1, -0.05) is 6.92 Å². The van der Waals surface area contributed by atoms with E-state index in [9.17, 15) is 4.39 Å². The van der Waals surface area contributed by atoms with Gasteiger partial charge in [-0.2, -0.15) is 0 Å². The maximum Gasteiger partial charge on any atom is 0.123 e. The van der Waals surface area contributed by atoms with Crippen LogP contribution in [0.4, 0.5) is 10.1 Å². The second-order valence-corrected chi connectivity index (χ2v) is 5.57. The van der Waals surface area contributed by atoms with Gasteiger partial charge in [0.25, 0.3) is 0 Å². The molecule has 3 nitrogen and oxygen atoms in total. The zero-order valence-electron chi connectivity index (χ0n) is 12.4. The van der Waals surface area contributed by atoms with Crippen molar-refractivity contribution >= 4 is 5.69 Å². The lowest BCUT2D eigenvalue weighted by Crippen LogP contribution is -2.40. The Morgan fingerprint density at radius 1 is 1.50 bits per heavy atom. The summed E-state index contributed by atoms with van der Waals surface area (Å²) in [5.41, 5.74) is 7.90. The lowest BCUT2D eigenvalue weighted by Gasteiger charge is -2.36. The zero-order chi connectivity index (χ0) is 14.5. The van der Waals surface area contributed by atoms with Crippen LogP contribution in [-0.4, -0.2) is 25.8 Å². The lowest BCUT2D eigenvalue weighted by molar-refractivity contribution is 0.0440. The molecule has 1 aliphatic rings. The Kier molecular flexibility index (Phi) is 5.38. The zero-order valence-corrected chi connectivity index (χ0v) is 12.4. The third-order valence-electron chi connectivity index (χ3n) is 3.76. The molecule has 1 aromatic rings. The van der Waals surface area contributed by atoms with Crippen molar-refractivity contribution in [1.82, 2.24) is 0 Å². The molecule has 112 valence electrons. The predicted octanol–water partition coefficient (Wildman–Crippen LogP) is 3.24. The summed E-state index contributed by atoms with van der Waals surface area (Å²) < 4.78 is 19.3. The highest BCUT2D eigenvalue weighted by Gasteiger charge is 2.23. The van der Waals surface area contributed by atoms with Crippen LogP contribution < -0.4 is 10.6 Å². The topological polar surface area (TPSA) is 38.5 Å². The molecule has 0 bridgehead atoms. The van der Waals surface area contributed by atoms with Gasteiger partial charge in [-0.05, 0) is 49.9 Å². The molecule has 1 aromatic carbocycles. The van der Waals surface area contributed by atoms with Gasteiger partial charge in [0.2, 0.25) is 0 Å². The van der Waals surface area contributed by atoms with Crippen molar-refractivity contribution in [2.24, 2.45) is 5.73 Å². The van der Waals surface area contributed by atoms with E-state index in [4.69, 9.17) is 10.5 Å². The number of hydrogen-bond acceptors (Lipinski definition) is 3. The highest BCUT2D eigenvalue weighted by atomic mass is 19.1. The Bertz CT molecular complexity index is 436. The summed E-state index contributed by atoms with van der Waals surface area (Å²) in [7, 11) is 0. The molecule has 2 rings (SSSR count). The minimum absolute atomic E-state index is 0.169. The molecule has 1 saturated heterocycles. The minimum atomic E-state index is -0.225. The van der Waals surface area contributed by atoms with Crippen LogP contribution in [0.5, 0.6) is 0 Å². The van der Waals surface area contributed by atoms with E-state index in [2.05, 4.69) is 11.8 Å². The maximum absolute atomic E-state index is 13.4. The van der Waals surface area contributed by atoms with E-state index in [0.717, 1.165) is 50.2 Å². The second kappa shape index (κ2) is 7.04. The van der Waals surface area contributed by atoms with Crippen LogP contribution in [0.1, 0.15) is 44.7 Å². The van der Waals surface area contributed by atoms with Gasteiger partial charge in [-0.3, -0.25) is 0 Å². The van der Waals surface area contributed by atoms with Gasteiger partial charge in [0.05, 0.1) is 6.10 Å². The van der Waals surface area contributed by atoms with Crippen LogP contribution >= 0.6 is 0 Å². The molecule has 0 amide bonds. The SMILES string of the molecule is CCCOC1CCCN(c2ccc(F)cc2[C@H](C)N)C1. The summed E-state index contributed by atoms with van der Waals surface area (Å²) in [6.45, 7) is 6.67. The van der Waals surface area contributed by atoms with E-state index in [-0.39, 0.29) is 18.0 Å². The molecule has 1 fully saturated rings. The number of anilines is 1. The van der Waals surface area contributed by atoms with E-state index < -0.39 is 0 Å². The summed E-state index contributed by atoms with van der Waals surface area (Å²) in [5.74, 6) is -0.225. The first kappa shape index (κ1) is 15.3. The number of hydrogen-bond donors (Lipinski definition) is 1. The van der Waals surface area contributed by atoms with Crippen molar-refractivity contribution in [2.45, 2.75) is 45.3 Å². The smallest absolute Gasteiger partial charge is 0.123 e. The van der Waals surface area contributed by atoms with Crippen molar-refractivity contribution in [1.29, 1.82) is 0 Å². The van der Waals surface area contributed by atoms with E-state index in [1.54, 1.807) is 6.07 Å². The van der Waals surface area contributed by atoms with Crippen LogP contribution in [0.2, 0.25) is 0 Å². The Balaban J connectivity index is 2.14. The van der Waals surface area contributed by atoms with Crippen LogP contribution in [-0.2, 0) is 4.74 Å². The molecule has 0 saturated carbocycles. The third-order valence-corrected chi connectivity index (χ3v) is 3.76. The Hall–Kier alpha value is -1.13. The monoisotopic (exact) mass is 280 g/mol. The van der Waals surface area contributed by atoms with Gasteiger partial charge in [0.15, 0.2) is 0 Å². The largest absolute Gasteiger partial charge is 0.376 e. The molecule has 1 heterocycles. The molecule has 0 radical (unpaired) electrons. The normalized spacial score (nSPS) is 21.0. The fourth-order valence-electron chi connectivity index (χ4n) is 2.76. The van der Waals surface area contributed by atoms with E-state index in [0.29, 0.717) is 0 Å². The molecule has 20 heavy (non-hydrogen) atoms. The quantitative estimate of drug-likeness (QED) is 0.900. The fraction of sp³-hybridized carbons (Fsp3) is 0.625. The first-order chi connectivity index (χ1) is 9.61. The van der Waals surface area contributed by atoms with Crippen molar-refractivity contribution in [3.63, 3.8) is 0 Å². The van der Waals surface area contributed by atoms with Gasteiger partial charge < -0.3 is 15.4 Å². The Morgan fingerprint density at radius 3 is 3.00 bits per heavy atom. The summed E-state index contributed by atoms with van der Waals surface area (Å²) in [5, 5.41) is 0. The number of rotatable bonds is 5. The average molecular weight is 280 g/mol. The average Bonchev–Trinajstić information content (AvgIpc) is 2.45. The maximum atomic E-state index is 13.4. The van der Waals surface area contributed by atoms with Crippen molar-refractivity contribution in [3.8, 4) is 0 Å². The van der Waals surface area contributed by atoms with E-state index in [1.807, 2.05) is 13.0 Å². The van der Waals surface area contributed by atoms with Crippen LogP contribution in [0.25, 0.3) is 0 Å². The van der Waals surface area contributed by atoms with E-state index >= 15 is 0 Å².